The van der Waals surface area contributed by atoms with E-state index in [4.69, 9.17) is 16.0 Å². The molecule has 7 nitrogen and oxygen atoms in total. The van der Waals surface area contributed by atoms with Crippen molar-refractivity contribution in [3.05, 3.63) is 74.9 Å². The van der Waals surface area contributed by atoms with Crippen molar-refractivity contribution >= 4 is 34.8 Å². The zero-order valence-electron chi connectivity index (χ0n) is 16.1. The number of thiazole rings is 1. The number of rotatable bonds is 7. The zero-order chi connectivity index (χ0) is 20.8. The fraction of sp³-hybridized carbons (Fsp3) is 0.250. The largest absolute Gasteiger partial charge is 0.454 e. The van der Waals surface area contributed by atoms with E-state index in [9.17, 15) is 9.59 Å². The summed E-state index contributed by atoms with van der Waals surface area (Å²) in [6.45, 7) is 1.63. The van der Waals surface area contributed by atoms with Gasteiger partial charge in [0.2, 0.25) is 0 Å². The van der Waals surface area contributed by atoms with E-state index in [0.29, 0.717) is 34.2 Å². The topological polar surface area (TPSA) is 79.8 Å². The van der Waals surface area contributed by atoms with Gasteiger partial charge in [0.25, 0.3) is 11.8 Å². The number of amides is 2. The number of carbonyl (C=O) groups is 2. The first-order chi connectivity index (χ1) is 13.9. The maximum atomic E-state index is 12.4. The van der Waals surface area contributed by atoms with Crippen molar-refractivity contribution in [1.29, 1.82) is 0 Å². The number of halogens is 1. The molecule has 0 aliphatic rings. The van der Waals surface area contributed by atoms with Gasteiger partial charge in [-0.1, -0.05) is 23.7 Å². The fourth-order valence-electron chi connectivity index (χ4n) is 2.52. The minimum atomic E-state index is -0.410. The van der Waals surface area contributed by atoms with Crippen LogP contribution in [0.3, 0.4) is 0 Å². The van der Waals surface area contributed by atoms with Gasteiger partial charge in [0.05, 0.1) is 17.1 Å². The predicted molar refractivity (Wildman–Crippen MR) is 112 cm³/mol. The molecule has 9 heteroatoms. The Kier molecular flexibility index (Phi) is 7.03. The van der Waals surface area contributed by atoms with E-state index in [1.807, 2.05) is 30.6 Å². The number of nitrogens with zero attached hydrogens (tertiary/aromatic N) is 3. The standard InChI is InChI=1S/C20H21ClN4O3S/c1-24(2)10-9-22-19(27)17-8-7-14(28-17)13-25-11-12-29-20(25)23-18(26)15-5-3-4-6-16(15)21/h3-8,11-12H,9-10,13H2,1-2H3,(H,22,27). The van der Waals surface area contributed by atoms with Crippen molar-refractivity contribution in [2.24, 2.45) is 4.99 Å². The number of carbonyl (C=O) groups excluding carboxylic acids is 2. The second kappa shape index (κ2) is 9.69. The number of furan rings is 1. The van der Waals surface area contributed by atoms with E-state index in [-0.39, 0.29) is 11.7 Å². The summed E-state index contributed by atoms with van der Waals surface area (Å²) in [5, 5.41) is 5.00. The fourth-order valence-corrected chi connectivity index (χ4v) is 3.46. The van der Waals surface area contributed by atoms with E-state index in [0.717, 1.165) is 6.54 Å². The highest BCUT2D eigenvalue weighted by Crippen LogP contribution is 2.16. The normalized spacial score (nSPS) is 11.8. The number of benzene rings is 1. The molecule has 0 unspecified atom stereocenters. The average Bonchev–Trinajstić information content (AvgIpc) is 3.32. The van der Waals surface area contributed by atoms with Gasteiger partial charge in [-0.05, 0) is 38.4 Å². The first kappa shape index (κ1) is 21.0. The van der Waals surface area contributed by atoms with Crippen molar-refractivity contribution in [3.8, 4) is 0 Å². The molecule has 3 aromatic rings. The lowest BCUT2D eigenvalue weighted by molar-refractivity contribution is 0.0921. The number of likely N-dealkylation sites (N-methyl/N-ethyl adjacent to an activating group) is 1. The highest BCUT2D eigenvalue weighted by Gasteiger charge is 2.12. The quantitative estimate of drug-likeness (QED) is 0.622. The lowest BCUT2D eigenvalue weighted by Crippen LogP contribution is -2.31. The predicted octanol–water partition coefficient (Wildman–Crippen LogP) is 2.88. The molecule has 0 aliphatic carbocycles. The van der Waals surface area contributed by atoms with Crippen LogP contribution in [0.2, 0.25) is 5.02 Å². The van der Waals surface area contributed by atoms with Crippen LogP contribution in [0.1, 0.15) is 26.7 Å². The van der Waals surface area contributed by atoms with Gasteiger partial charge in [-0.3, -0.25) is 9.59 Å². The Labute approximate surface area is 177 Å². The maximum Gasteiger partial charge on any atom is 0.287 e. The summed E-state index contributed by atoms with van der Waals surface area (Å²) in [4.78, 5) is 31.3. The molecule has 0 radical (unpaired) electrons. The molecule has 2 amide bonds. The van der Waals surface area contributed by atoms with Crippen LogP contribution < -0.4 is 10.1 Å². The van der Waals surface area contributed by atoms with Gasteiger partial charge in [0, 0.05) is 24.7 Å². The Balaban J connectivity index is 1.71. The van der Waals surface area contributed by atoms with Crippen LogP contribution in [0.4, 0.5) is 0 Å². The maximum absolute atomic E-state index is 12.4. The molecule has 3 rings (SSSR count). The summed E-state index contributed by atoms with van der Waals surface area (Å²) >= 11 is 7.41. The van der Waals surface area contributed by atoms with Gasteiger partial charge < -0.3 is 19.2 Å². The van der Waals surface area contributed by atoms with Gasteiger partial charge in [-0.15, -0.1) is 11.3 Å². The first-order valence-corrected chi connectivity index (χ1v) is 10.2. The Hall–Kier alpha value is -2.68. The molecule has 29 heavy (non-hydrogen) atoms. The van der Waals surface area contributed by atoms with E-state index in [1.165, 1.54) is 11.3 Å². The molecule has 0 saturated heterocycles. The summed E-state index contributed by atoms with van der Waals surface area (Å²) in [6.07, 6.45) is 1.81. The summed E-state index contributed by atoms with van der Waals surface area (Å²) in [5.74, 6) is 0.174. The van der Waals surface area contributed by atoms with Crippen molar-refractivity contribution in [3.63, 3.8) is 0 Å². The van der Waals surface area contributed by atoms with Crippen molar-refractivity contribution in [1.82, 2.24) is 14.8 Å². The summed E-state index contributed by atoms with van der Waals surface area (Å²) in [7, 11) is 3.88. The van der Waals surface area contributed by atoms with Crippen LogP contribution in [0, 0.1) is 0 Å². The van der Waals surface area contributed by atoms with Crippen LogP contribution in [-0.2, 0) is 6.54 Å². The Morgan fingerprint density at radius 3 is 2.79 bits per heavy atom. The highest BCUT2D eigenvalue weighted by molar-refractivity contribution is 7.07. The minimum Gasteiger partial charge on any atom is -0.454 e. The average molecular weight is 433 g/mol. The number of hydrogen-bond donors (Lipinski definition) is 1. The lowest BCUT2D eigenvalue weighted by Gasteiger charge is -2.09. The Morgan fingerprint density at radius 1 is 1.24 bits per heavy atom. The molecule has 2 aromatic heterocycles. The molecule has 152 valence electrons. The third kappa shape index (κ3) is 5.66. The molecule has 1 N–H and O–H groups in total. The molecule has 0 bridgehead atoms. The van der Waals surface area contributed by atoms with Crippen LogP contribution in [0.15, 0.2) is 57.4 Å². The summed E-state index contributed by atoms with van der Waals surface area (Å²) in [6, 6.07) is 10.2. The molecule has 0 fully saturated rings. The number of nitrogens with one attached hydrogen (secondary N) is 1. The van der Waals surface area contributed by atoms with Gasteiger partial charge in [-0.25, -0.2) is 0 Å². The summed E-state index contributed by atoms with van der Waals surface area (Å²) in [5.41, 5.74) is 0.351. The summed E-state index contributed by atoms with van der Waals surface area (Å²) < 4.78 is 7.43. The van der Waals surface area contributed by atoms with E-state index >= 15 is 0 Å². The second-order valence-corrected chi connectivity index (χ2v) is 7.82. The number of hydrogen-bond acceptors (Lipinski definition) is 5. The highest BCUT2D eigenvalue weighted by atomic mass is 35.5. The lowest BCUT2D eigenvalue weighted by atomic mass is 10.2. The van der Waals surface area contributed by atoms with Crippen LogP contribution >= 0.6 is 22.9 Å². The zero-order valence-corrected chi connectivity index (χ0v) is 17.7. The Bertz CT molecular complexity index is 1070. The van der Waals surface area contributed by atoms with Gasteiger partial charge in [0.15, 0.2) is 10.6 Å². The molecule has 0 saturated carbocycles. The SMILES string of the molecule is CN(C)CCNC(=O)c1ccc(Cn2ccsc2=NC(=O)c2ccccc2Cl)o1. The van der Waals surface area contributed by atoms with Crippen LogP contribution in [0.5, 0.6) is 0 Å². The Morgan fingerprint density at radius 2 is 2.03 bits per heavy atom. The molecule has 1 aromatic carbocycles. The molecule has 2 heterocycles. The van der Waals surface area contributed by atoms with Crippen molar-refractivity contribution in [2.75, 3.05) is 27.2 Å². The molecular formula is C20H21ClN4O3S. The molecule has 0 aliphatic heterocycles. The van der Waals surface area contributed by atoms with E-state index < -0.39 is 5.91 Å². The van der Waals surface area contributed by atoms with Crippen LogP contribution in [-0.4, -0.2) is 48.5 Å². The number of aromatic nitrogens is 1. The van der Waals surface area contributed by atoms with E-state index in [2.05, 4.69) is 10.3 Å². The minimum absolute atomic E-state index is 0.250. The second-order valence-electron chi connectivity index (χ2n) is 6.54. The third-order valence-corrected chi connectivity index (χ3v) is 5.14. The molecule has 0 spiro atoms. The van der Waals surface area contributed by atoms with Crippen LogP contribution in [0.25, 0.3) is 0 Å². The van der Waals surface area contributed by atoms with Crippen molar-refractivity contribution < 1.29 is 14.0 Å². The van der Waals surface area contributed by atoms with Gasteiger partial charge in [0.1, 0.15) is 5.76 Å². The molecular weight excluding hydrogens is 412 g/mol. The molecule has 0 atom stereocenters. The third-order valence-electron chi connectivity index (χ3n) is 4.02. The van der Waals surface area contributed by atoms with Gasteiger partial charge in [-0.2, -0.15) is 4.99 Å². The smallest absolute Gasteiger partial charge is 0.287 e. The monoisotopic (exact) mass is 432 g/mol. The van der Waals surface area contributed by atoms with E-state index in [1.54, 1.807) is 41.0 Å². The van der Waals surface area contributed by atoms with Crippen molar-refractivity contribution in [2.45, 2.75) is 6.54 Å². The first-order valence-electron chi connectivity index (χ1n) is 8.93. The van der Waals surface area contributed by atoms with Gasteiger partial charge >= 0.3 is 0 Å².